The average molecular weight is 281 g/mol. The van der Waals surface area contributed by atoms with Crippen LogP contribution in [0.1, 0.15) is 36.5 Å². The van der Waals surface area contributed by atoms with Crippen molar-refractivity contribution in [2.75, 3.05) is 5.75 Å². The van der Waals surface area contributed by atoms with E-state index in [4.69, 9.17) is 10.8 Å². The number of nitrogens with two attached hydrogens (primary N) is 1. The van der Waals surface area contributed by atoms with Crippen molar-refractivity contribution in [1.29, 1.82) is 0 Å². The van der Waals surface area contributed by atoms with Crippen molar-refractivity contribution in [2.45, 2.75) is 44.9 Å². The van der Waals surface area contributed by atoms with Crippen LogP contribution in [0.15, 0.2) is 18.2 Å². The topological polar surface area (TPSA) is 63.3 Å². The number of hydrogen-bond donors (Lipinski definition) is 2. The highest BCUT2D eigenvalue weighted by atomic mass is 32.2. The zero-order valence-electron chi connectivity index (χ0n) is 11.9. The fourth-order valence-corrected chi connectivity index (χ4v) is 2.89. The van der Waals surface area contributed by atoms with Crippen LogP contribution in [0.25, 0.3) is 0 Å². The Kier molecular flexibility index (Phi) is 5.88. The Morgan fingerprint density at radius 3 is 2.42 bits per heavy atom. The molecule has 0 fully saturated rings. The number of rotatable bonds is 7. The number of carboxylic acid groups (broad SMARTS) is 1. The van der Waals surface area contributed by atoms with E-state index in [-0.39, 0.29) is 0 Å². The first-order valence-corrected chi connectivity index (χ1v) is 7.64. The van der Waals surface area contributed by atoms with Gasteiger partial charge in [0.1, 0.15) is 5.54 Å². The predicted molar refractivity (Wildman–Crippen MR) is 81.5 cm³/mol. The number of thioether (sulfide) groups is 1. The lowest BCUT2D eigenvalue weighted by atomic mass is 9.98. The Balaban J connectivity index is 2.30. The summed E-state index contributed by atoms with van der Waals surface area (Å²) in [5, 5.41) is 8.91. The highest BCUT2D eigenvalue weighted by Gasteiger charge is 2.26. The standard InChI is InChI=1S/C15H23NO2S/c1-11-7-12(2)9-13(8-11)10-19-6-4-5-15(3,16)14(17)18/h7-9H,4-6,10,16H2,1-3H3,(H,17,18). The summed E-state index contributed by atoms with van der Waals surface area (Å²) in [6, 6.07) is 6.56. The molecule has 0 bridgehead atoms. The lowest BCUT2D eigenvalue weighted by Crippen LogP contribution is -2.44. The van der Waals surface area contributed by atoms with Crippen LogP contribution >= 0.6 is 11.8 Å². The van der Waals surface area contributed by atoms with Crippen LogP contribution in [0.3, 0.4) is 0 Å². The predicted octanol–water partition coefficient (Wildman–Crippen LogP) is 3.12. The Morgan fingerprint density at radius 1 is 1.32 bits per heavy atom. The zero-order chi connectivity index (χ0) is 14.5. The average Bonchev–Trinajstić information content (AvgIpc) is 2.26. The van der Waals surface area contributed by atoms with E-state index < -0.39 is 11.5 Å². The molecule has 0 aromatic heterocycles. The number of aliphatic carboxylic acids is 1. The Labute approximate surface area is 119 Å². The van der Waals surface area contributed by atoms with Crippen molar-refractivity contribution in [1.82, 2.24) is 0 Å². The normalized spacial score (nSPS) is 14.1. The number of aryl methyl sites for hydroxylation is 2. The lowest BCUT2D eigenvalue weighted by molar-refractivity contribution is -0.142. The van der Waals surface area contributed by atoms with Crippen LogP contribution < -0.4 is 5.73 Å². The second-order valence-electron chi connectivity index (χ2n) is 5.37. The van der Waals surface area contributed by atoms with Gasteiger partial charge in [0.15, 0.2) is 0 Å². The van der Waals surface area contributed by atoms with Gasteiger partial charge in [0.25, 0.3) is 0 Å². The van der Waals surface area contributed by atoms with Gasteiger partial charge in [-0.3, -0.25) is 4.79 Å². The molecule has 1 atom stereocenters. The first-order valence-electron chi connectivity index (χ1n) is 6.48. The maximum absolute atomic E-state index is 10.8. The molecule has 1 unspecified atom stereocenters. The molecule has 3 nitrogen and oxygen atoms in total. The van der Waals surface area contributed by atoms with Crippen molar-refractivity contribution in [3.8, 4) is 0 Å². The molecule has 0 aliphatic carbocycles. The van der Waals surface area contributed by atoms with E-state index in [1.165, 1.54) is 16.7 Å². The third kappa shape index (κ3) is 5.66. The molecule has 1 rings (SSSR count). The fraction of sp³-hybridized carbons (Fsp3) is 0.533. The maximum Gasteiger partial charge on any atom is 0.323 e. The molecule has 0 saturated heterocycles. The molecular formula is C15H23NO2S. The van der Waals surface area contributed by atoms with E-state index in [9.17, 15) is 4.79 Å². The largest absolute Gasteiger partial charge is 0.480 e. The van der Waals surface area contributed by atoms with Gasteiger partial charge in [-0.15, -0.1) is 0 Å². The molecular weight excluding hydrogens is 258 g/mol. The summed E-state index contributed by atoms with van der Waals surface area (Å²) in [6.07, 6.45) is 1.34. The van der Waals surface area contributed by atoms with E-state index in [1.807, 2.05) is 11.8 Å². The van der Waals surface area contributed by atoms with Crippen LogP contribution in [-0.2, 0) is 10.5 Å². The molecule has 0 saturated carbocycles. The van der Waals surface area contributed by atoms with Crippen molar-refractivity contribution in [2.24, 2.45) is 5.73 Å². The minimum Gasteiger partial charge on any atom is -0.480 e. The molecule has 0 aliphatic heterocycles. The van der Waals surface area contributed by atoms with Gasteiger partial charge in [-0.1, -0.05) is 29.3 Å². The van der Waals surface area contributed by atoms with Crippen LogP contribution in [0.2, 0.25) is 0 Å². The van der Waals surface area contributed by atoms with Gasteiger partial charge in [-0.25, -0.2) is 0 Å². The highest BCUT2D eigenvalue weighted by molar-refractivity contribution is 7.98. The van der Waals surface area contributed by atoms with Crippen LogP contribution in [0.4, 0.5) is 0 Å². The van der Waals surface area contributed by atoms with Crippen LogP contribution in [0, 0.1) is 13.8 Å². The zero-order valence-corrected chi connectivity index (χ0v) is 12.7. The molecule has 0 amide bonds. The molecule has 1 aromatic carbocycles. The molecule has 0 aliphatic rings. The van der Waals surface area contributed by atoms with Gasteiger partial charge >= 0.3 is 5.97 Å². The lowest BCUT2D eigenvalue weighted by Gasteiger charge is -2.18. The Bertz CT molecular complexity index is 424. The van der Waals surface area contributed by atoms with Crippen molar-refractivity contribution in [3.63, 3.8) is 0 Å². The molecule has 0 radical (unpaired) electrons. The maximum atomic E-state index is 10.8. The van der Waals surface area contributed by atoms with E-state index in [1.54, 1.807) is 6.92 Å². The Hall–Kier alpha value is -1.00. The minimum absolute atomic E-state index is 0.516. The van der Waals surface area contributed by atoms with Crippen molar-refractivity contribution >= 4 is 17.7 Å². The molecule has 4 heteroatoms. The molecule has 106 valence electrons. The Morgan fingerprint density at radius 2 is 1.89 bits per heavy atom. The van der Waals surface area contributed by atoms with Gasteiger partial charge in [0.05, 0.1) is 0 Å². The summed E-state index contributed by atoms with van der Waals surface area (Å²) in [5.74, 6) is 0.982. The smallest absolute Gasteiger partial charge is 0.323 e. The van der Waals surface area contributed by atoms with Crippen molar-refractivity contribution < 1.29 is 9.90 Å². The third-order valence-corrected chi connectivity index (χ3v) is 4.14. The molecule has 3 N–H and O–H groups in total. The summed E-state index contributed by atoms with van der Waals surface area (Å²) in [7, 11) is 0. The number of carboxylic acids is 1. The van der Waals surface area contributed by atoms with Gasteiger partial charge in [0.2, 0.25) is 0 Å². The van der Waals surface area contributed by atoms with Crippen molar-refractivity contribution in [3.05, 3.63) is 34.9 Å². The molecule has 1 aromatic rings. The number of hydrogen-bond acceptors (Lipinski definition) is 3. The van der Waals surface area contributed by atoms with Gasteiger partial charge < -0.3 is 10.8 Å². The van der Waals surface area contributed by atoms with Crippen LogP contribution in [-0.4, -0.2) is 22.4 Å². The third-order valence-electron chi connectivity index (χ3n) is 3.02. The quantitative estimate of drug-likeness (QED) is 0.754. The second kappa shape index (κ2) is 6.96. The van der Waals surface area contributed by atoms with Gasteiger partial charge in [0, 0.05) is 5.75 Å². The van der Waals surface area contributed by atoms with E-state index >= 15 is 0 Å². The molecule has 19 heavy (non-hydrogen) atoms. The summed E-state index contributed by atoms with van der Waals surface area (Å²) in [5.41, 5.74) is 8.49. The first kappa shape index (κ1) is 16.1. The van der Waals surface area contributed by atoms with E-state index in [0.29, 0.717) is 6.42 Å². The summed E-state index contributed by atoms with van der Waals surface area (Å²) in [4.78, 5) is 10.8. The first-order chi connectivity index (χ1) is 8.81. The SMILES string of the molecule is Cc1cc(C)cc(CSCCCC(C)(N)C(=O)O)c1. The summed E-state index contributed by atoms with van der Waals surface area (Å²) in [6.45, 7) is 5.78. The van der Waals surface area contributed by atoms with E-state index in [0.717, 1.165) is 17.9 Å². The van der Waals surface area contributed by atoms with Gasteiger partial charge in [-0.05, 0) is 44.9 Å². The van der Waals surface area contributed by atoms with Crippen LogP contribution in [0.5, 0.6) is 0 Å². The molecule has 0 heterocycles. The summed E-state index contributed by atoms with van der Waals surface area (Å²) < 4.78 is 0. The van der Waals surface area contributed by atoms with Gasteiger partial charge in [-0.2, -0.15) is 11.8 Å². The number of benzene rings is 1. The highest BCUT2D eigenvalue weighted by Crippen LogP contribution is 2.18. The fourth-order valence-electron chi connectivity index (χ4n) is 1.99. The second-order valence-corrected chi connectivity index (χ2v) is 6.48. The molecule has 0 spiro atoms. The summed E-state index contributed by atoms with van der Waals surface area (Å²) >= 11 is 1.83. The number of carbonyl (C=O) groups is 1. The minimum atomic E-state index is -1.10. The van der Waals surface area contributed by atoms with E-state index in [2.05, 4.69) is 32.0 Å². The monoisotopic (exact) mass is 281 g/mol.